The minimum atomic E-state index is -0.490. The Hall–Kier alpha value is -1.94. The second kappa shape index (κ2) is 7.55. The standard InChI is InChI=1S/C19H26N2O2/c1-12(2)9-15(22)11-20-19(23)10-17-13(3)16-7-5-6-8-18(16)21-14(17)4/h5-8,12,15,22H,9-11H2,1-4H3,(H,20,23). The highest BCUT2D eigenvalue weighted by Crippen LogP contribution is 2.22. The van der Waals surface area contributed by atoms with E-state index >= 15 is 0 Å². The van der Waals surface area contributed by atoms with Crippen molar-refractivity contribution in [2.45, 2.75) is 46.6 Å². The van der Waals surface area contributed by atoms with E-state index in [-0.39, 0.29) is 5.91 Å². The number of nitrogens with one attached hydrogen (secondary N) is 1. The molecular weight excluding hydrogens is 288 g/mol. The van der Waals surface area contributed by atoms with Crippen molar-refractivity contribution in [1.82, 2.24) is 10.3 Å². The van der Waals surface area contributed by atoms with Gasteiger partial charge in [0.2, 0.25) is 5.91 Å². The van der Waals surface area contributed by atoms with Crippen LogP contribution in [0.1, 0.15) is 37.1 Å². The number of amides is 1. The van der Waals surface area contributed by atoms with Gasteiger partial charge in [0.25, 0.3) is 0 Å². The predicted octanol–water partition coefficient (Wildman–Crippen LogP) is 2.92. The average Bonchev–Trinajstić information content (AvgIpc) is 2.49. The van der Waals surface area contributed by atoms with Crippen molar-refractivity contribution >= 4 is 16.8 Å². The molecule has 0 aliphatic heterocycles. The van der Waals surface area contributed by atoms with Gasteiger partial charge in [-0.1, -0.05) is 32.0 Å². The zero-order valence-corrected chi connectivity index (χ0v) is 14.4. The van der Waals surface area contributed by atoms with E-state index in [0.717, 1.165) is 27.7 Å². The summed E-state index contributed by atoms with van der Waals surface area (Å²) in [6.07, 6.45) is 0.496. The topological polar surface area (TPSA) is 62.2 Å². The van der Waals surface area contributed by atoms with Crippen molar-refractivity contribution in [3.63, 3.8) is 0 Å². The summed E-state index contributed by atoms with van der Waals surface area (Å²) in [6.45, 7) is 8.38. The number of fused-ring (bicyclic) bond motifs is 1. The number of hydrogen-bond acceptors (Lipinski definition) is 3. The Morgan fingerprint density at radius 2 is 1.96 bits per heavy atom. The molecule has 1 aromatic heterocycles. The number of hydrogen-bond donors (Lipinski definition) is 2. The number of aliphatic hydroxyl groups is 1. The third-order valence-electron chi connectivity index (χ3n) is 4.10. The van der Waals surface area contributed by atoms with E-state index < -0.39 is 6.10 Å². The van der Waals surface area contributed by atoms with E-state index in [2.05, 4.69) is 24.1 Å². The van der Waals surface area contributed by atoms with Gasteiger partial charge in [-0.25, -0.2) is 0 Å². The summed E-state index contributed by atoms with van der Waals surface area (Å²) in [5.41, 5.74) is 3.92. The molecule has 0 radical (unpaired) electrons. The number of rotatable bonds is 6. The van der Waals surface area contributed by atoms with Gasteiger partial charge in [0.15, 0.2) is 0 Å². The average molecular weight is 314 g/mol. The molecule has 0 fully saturated rings. The van der Waals surface area contributed by atoms with E-state index in [9.17, 15) is 9.90 Å². The first-order valence-corrected chi connectivity index (χ1v) is 8.18. The molecule has 2 rings (SSSR count). The molecule has 4 heteroatoms. The number of para-hydroxylation sites is 1. The molecule has 0 saturated heterocycles. The molecule has 0 saturated carbocycles. The van der Waals surface area contributed by atoms with Crippen LogP contribution in [0.5, 0.6) is 0 Å². The summed E-state index contributed by atoms with van der Waals surface area (Å²) < 4.78 is 0. The molecule has 2 aromatic rings. The summed E-state index contributed by atoms with van der Waals surface area (Å²) in [7, 11) is 0. The Morgan fingerprint density at radius 1 is 1.26 bits per heavy atom. The largest absolute Gasteiger partial charge is 0.391 e. The van der Waals surface area contributed by atoms with Gasteiger partial charge in [0.1, 0.15) is 0 Å². The van der Waals surface area contributed by atoms with Gasteiger partial charge < -0.3 is 10.4 Å². The first-order chi connectivity index (χ1) is 10.9. The maximum absolute atomic E-state index is 12.2. The third kappa shape index (κ3) is 4.52. The first kappa shape index (κ1) is 17.4. The molecule has 4 nitrogen and oxygen atoms in total. The Bertz CT molecular complexity index is 695. The van der Waals surface area contributed by atoms with Crippen molar-refractivity contribution in [3.8, 4) is 0 Å². The summed E-state index contributed by atoms with van der Waals surface area (Å²) in [5.74, 6) is 0.340. The lowest BCUT2D eigenvalue weighted by molar-refractivity contribution is -0.121. The van der Waals surface area contributed by atoms with Crippen LogP contribution in [0.3, 0.4) is 0 Å². The Balaban J connectivity index is 2.08. The third-order valence-corrected chi connectivity index (χ3v) is 4.10. The molecule has 1 unspecified atom stereocenters. The Kier molecular flexibility index (Phi) is 5.72. The van der Waals surface area contributed by atoms with Crippen LogP contribution in [0.15, 0.2) is 24.3 Å². The Labute approximate surface area is 137 Å². The minimum Gasteiger partial charge on any atom is -0.391 e. The van der Waals surface area contributed by atoms with Gasteiger partial charge in [0.05, 0.1) is 18.0 Å². The number of carbonyl (C=O) groups excluding carboxylic acids is 1. The van der Waals surface area contributed by atoms with Crippen LogP contribution in [0.4, 0.5) is 0 Å². The molecule has 1 amide bonds. The molecular formula is C19H26N2O2. The van der Waals surface area contributed by atoms with Crippen molar-refractivity contribution in [2.24, 2.45) is 5.92 Å². The lowest BCUT2D eigenvalue weighted by Crippen LogP contribution is -2.34. The summed E-state index contributed by atoms with van der Waals surface area (Å²) in [5, 5.41) is 13.8. The van der Waals surface area contributed by atoms with Crippen LogP contribution < -0.4 is 5.32 Å². The zero-order chi connectivity index (χ0) is 17.0. The monoisotopic (exact) mass is 314 g/mol. The number of aromatic nitrogens is 1. The van der Waals surface area contributed by atoms with Gasteiger partial charge in [0, 0.05) is 17.6 Å². The van der Waals surface area contributed by atoms with E-state index in [1.165, 1.54) is 0 Å². The van der Waals surface area contributed by atoms with E-state index in [1.54, 1.807) is 0 Å². The number of pyridine rings is 1. The molecule has 0 spiro atoms. The molecule has 1 heterocycles. The highest BCUT2D eigenvalue weighted by molar-refractivity contribution is 5.86. The van der Waals surface area contributed by atoms with Crippen LogP contribution in [-0.4, -0.2) is 28.6 Å². The highest BCUT2D eigenvalue weighted by Gasteiger charge is 2.14. The van der Waals surface area contributed by atoms with E-state index in [1.807, 2.05) is 38.1 Å². The highest BCUT2D eigenvalue weighted by atomic mass is 16.3. The van der Waals surface area contributed by atoms with Crippen LogP contribution in [0, 0.1) is 19.8 Å². The quantitative estimate of drug-likeness (QED) is 0.862. The SMILES string of the molecule is Cc1nc2ccccc2c(C)c1CC(=O)NCC(O)CC(C)C. The van der Waals surface area contributed by atoms with E-state index in [0.29, 0.717) is 25.3 Å². The molecule has 124 valence electrons. The maximum Gasteiger partial charge on any atom is 0.224 e. The van der Waals surface area contributed by atoms with Crippen LogP contribution in [-0.2, 0) is 11.2 Å². The predicted molar refractivity (Wildman–Crippen MR) is 93.4 cm³/mol. The minimum absolute atomic E-state index is 0.0731. The molecule has 23 heavy (non-hydrogen) atoms. The number of aliphatic hydroxyl groups excluding tert-OH is 1. The second-order valence-electron chi connectivity index (χ2n) is 6.58. The van der Waals surface area contributed by atoms with Crippen LogP contribution in [0.25, 0.3) is 10.9 Å². The Morgan fingerprint density at radius 3 is 2.65 bits per heavy atom. The lowest BCUT2D eigenvalue weighted by Gasteiger charge is -2.15. The molecule has 2 N–H and O–H groups in total. The fraction of sp³-hybridized carbons (Fsp3) is 0.474. The molecule has 0 aliphatic rings. The lowest BCUT2D eigenvalue weighted by atomic mass is 9.99. The first-order valence-electron chi connectivity index (χ1n) is 8.18. The zero-order valence-electron chi connectivity index (χ0n) is 14.4. The van der Waals surface area contributed by atoms with Crippen LogP contribution >= 0.6 is 0 Å². The molecule has 1 atom stereocenters. The summed E-state index contributed by atoms with van der Waals surface area (Å²) >= 11 is 0. The van der Waals surface area contributed by atoms with Gasteiger partial charge in [-0.05, 0) is 43.4 Å². The van der Waals surface area contributed by atoms with Gasteiger partial charge in [-0.3, -0.25) is 9.78 Å². The van der Waals surface area contributed by atoms with E-state index in [4.69, 9.17) is 0 Å². The summed E-state index contributed by atoms with van der Waals surface area (Å²) in [4.78, 5) is 16.8. The van der Waals surface area contributed by atoms with Crippen molar-refractivity contribution < 1.29 is 9.90 Å². The van der Waals surface area contributed by atoms with Crippen molar-refractivity contribution in [3.05, 3.63) is 41.1 Å². The van der Waals surface area contributed by atoms with Gasteiger partial charge >= 0.3 is 0 Å². The fourth-order valence-electron chi connectivity index (χ4n) is 2.91. The fourth-order valence-corrected chi connectivity index (χ4v) is 2.91. The molecule has 0 aliphatic carbocycles. The molecule has 1 aromatic carbocycles. The number of nitrogens with zero attached hydrogens (tertiary/aromatic N) is 1. The number of carbonyl (C=O) groups is 1. The number of aryl methyl sites for hydroxylation is 2. The van der Waals surface area contributed by atoms with Gasteiger partial charge in [-0.15, -0.1) is 0 Å². The van der Waals surface area contributed by atoms with Gasteiger partial charge in [-0.2, -0.15) is 0 Å². The number of benzene rings is 1. The maximum atomic E-state index is 12.2. The van der Waals surface area contributed by atoms with Crippen LogP contribution in [0.2, 0.25) is 0 Å². The molecule has 0 bridgehead atoms. The van der Waals surface area contributed by atoms with Crippen molar-refractivity contribution in [1.29, 1.82) is 0 Å². The summed E-state index contributed by atoms with van der Waals surface area (Å²) in [6, 6.07) is 7.97. The second-order valence-corrected chi connectivity index (χ2v) is 6.58. The van der Waals surface area contributed by atoms with Crippen molar-refractivity contribution in [2.75, 3.05) is 6.54 Å². The smallest absolute Gasteiger partial charge is 0.224 e. The normalized spacial score (nSPS) is 12.6.